The summed E-state index contributed by atoms with van der Waals surface area (Å²) in [6.45, 7) is 1.97. The van der Waals surface area contributed by atoms with E-state index in [1.165, 1.54) is 6.20 Å². The molecule has 35 heavy (non-hydrogen) atoms. The molecule has 0 radical (unpaired) electrons. The molecular formula is C25H29N7O3. The van der Waals surface area contributed by atoms with Gasteiger partial charge in [-0.15, -0.1) is 0 Å². The van der Waals surface area contributed by atoms with Crippen molar-refractivity contribution in [2.45, 2.75) is 19.4 Å². The van der Waals surface area contributed by atoms with E-state index in [1.807, 2.05) is 35.2 Å². The van der Waals surface area contributed by atoms with E-state index in [2.05, 4.69) is 20.6 Å². The van der Waals surface area contributed by atoms with E-state index in [-0.39, 0.29) is 17.5 Å². The lowest BCUT2D eigenvalue weighted by Crippen LogP contribution is -2.39. The molecule has 4 rings (SSSR count). The first-order chi connectivity index (χ1) is 17.0. The highest BCUT2D eigenvalue weighted by Gasteiger charge is 2.24. The first-order valence-electron chi connectivity index (χ1n) is 11.4. The van der Waals surface area contributed by atoms with Crippen molar-refractivity contribution in [1.82, 2.24) is 14.9 Å². The third-order valence-corrected chi connectivity index (χ3v) is 5.82. The average Bonchev–Trinajstić information content (AvgIpc) is 3.42. The van der Waals surface area contributed by atoms with Gasteiger partial charge in [0.05, 0.1) is 18.4 Å². The molecule has 1 aliphatic rings. The van der Waals surface area contributed by atoms with Gasteiger partial charge in [0.15, 0.2) is 0 Å². The molecule has 2 heterocycles. The Kier molecular flexibility index (Phi) is 7.30. The van der Waals surface area contributed by atoms with E-state index in [9.17, 15) is 9.59 Å². The maximum Gasteiger partial charge on any atom is 0.324 e. The molecule has 3 amide bonds. The number of nitrogens with zero attached hydrogens (tertiary/aromatic N) is 4. The van der Waals surface area contributed by atoms with Crippen LogP contribution >= 0.6 is 0 Å². The van der Waals surface area contributed by atoms with E-state index in [1.54, 1.807) is 37.3 Å². The number of methoxy groups -OCH3 is 1. The number of amides is 3. The molecule has 0 bridgehead atoms. The van der Waals surface area contributed by atoms with Crippen LogP contribution in [0.2, 0.25) is 0 Å². The molecule has 0 unspecified atom stereocenters. The number of carbonyl (C=O) groups is 2. The molecule has 0 spiro atoms. The number of aromatic nitrogens is 2. The SMILES string of the molecule is COc1ccc(Nc2ncc(C(N)=O)c(NCc3ccccc3)n2)cc1N(C)C(=O)N1CCCC1. The molecule has 2 aromatic carbocycles. The lowest BCUT2D eigenvalue weighted by atomic mass is 10.2. The third-order valence-electron chi connectivity index (χ3n) is 5.82. The molecule has 10 nitrogen and oxygen atoms in total. The average molecular weight is 476 g/mol. The van der Waals surface area contributed by atoms with Crippen LogP contribution in [0.5, 0.6) is 5.75 Å². The first-order valence-corrected chi connectivity index (χ1v) is 11.4. The second-order valence-electron chi connectivity index (χ2n) is 8.21. The smallest absolute Gasteiger partial charge is 0.324 e. The van der Waals surface area contributed by atoms with Gasteiger partial charge < -0.3 is 26.0 Å². The van der Waals surface area contributed by atoms with E-state index >= 15 is 0 Å². The lowest BCUT2D eigenvalue weighted by molar-refractivity contribution is 0.100. The summed E-state index contributed by atoms with van der Waals surface area (Å²) in [7, 11) is 3.29. The molecule has 4 N–H and O–H groups in total. The fourth-order valence-corrected chi connectivity index (χ4v) is 3.92. The first kappa shape index (κ1) is 23.8. The third kappa shape index (κ3) is 5.60. The number of rotatable bonds is 8. The Bertz CT molecular complexity index is 1200. The minimum atomic E-state index is -0.624. The number of anilines is 4. The highest BCUT2D eigenvalue weighted by atomic mass is 16.5. The summed E-state index contributed by atoms with van der Waals surface area (Å²) in [6, 6.07) is 15.0. The fourth-order valence-electron chi connectivity index (χ4n) is 3.92. The van der Waals surface area contributed by atoms with Gasteiger partial charge >= 0.3 is 6.03 Å². The summed E-state index contributed by atoms with van der Waals surface area (Å²) in [5.74, 6) is 0.547. The van der Waals surface area contributed by atoms with Crippen molar-refractivity contribution < 1.29 is 14.3 Å². The maximum atomic E-state index is 12.9. The van der Waals surface area contributed by atoms with E-state index < -0.39 is 5.91 Å². The largest absolute Gasteiger partial charge is 0.495 e. The number of urea groups is 1. The van der Waals surface area contributed by atoms with Crippen LogP contribution < -0.4 is 26.0 Å². The normalized spacial score (nSPS) is 12.8. The second-order valence-corrected chi connectivity index (χ2v) is 8.21. The van der Waals surface area contributed by atoms with Crippen LogP contribution in [0.15, 0.2) is 54.7 Å². The summed E-state index contributed by atoms with van der Waals surface area (Å²) >= 11 is 0. The van der Waals surface area contributed by atoms with Crippen LogP contribution in [-0.4, -0.2) is 54.1 Å². The van der Waals surface area contributed by atoms with Crippen molar-refractivity contribution in [2.75, 3.05) is 42.8 Å². The fraction of sp³-hybridized carbons (Fsp3) is 0.280. The van der Waals surface area contributed by atoms with Crippen molar-refractivity contribution >= 4 is 35.1 Å². The number of likely N-dealkylation sites (tertiary alicyclic amines) is 1. The Hall–Kier alpha value is -4.34. The minimum absolute atomic E-state index is 0.0765. The second kappa shape index (κ2) is 10.7. The van der Waals surface area contributed by atoms with Gasteiger partial charge in [0.2, 0.25) is 5.95 Å². The molecular weight excluding hydrogens is 446 g/mol. The summed E-state index contributed by atoms with van der Waals surface area (Å²) in [4.78, 5) is 36.9. The van der Waals surface area contributed by atoms with Crippen LogP contribution in [0.4, 0.5) is 27.9 Å². The standard InChI is InChI=1S/C25H29N7O3/c1-31(25(34)32-12-6-7-13-32)20-14-18(10-11-21(20)35-2)29-24-28-16-19(22(26)33)23(30-24)27-15-17-8-4-3-5-9-17/h3-5,8-11,14,16H,6-7,12-13,15H2,1-2H3,(H2,26,33)(H2,27,28,29,30). The highest BCUT2D eigenvalue weighted by molar-refractivity contribution is 5.97. The summed E-state index contributed by atoms with van der Waals surface area (Å²) in [6.07, 6.45) is 3.41. The van der Waals surface area contributed by atoms with Gasteiger partial charge in [0.1, 0.15) is 11.6 Å². The van der Waals surface area contributed by atoms with Crippen LogP contribution in [0.3, 0.4) is 0 Å². The molecule has 182 valence electrons. The summed E-state index contributed by atoms with van der Waals surface area (Å²) < 4.78 is 5.49. The number of benzene rings is 2. The zero-order chi connectivity index (χ0) is 24.8. The molecule has 3 aromatic rings. The van der Waals surface area contributed by atoms with Crippen molar-refractivity contribution in [3.05, 3.63) is 65.9 Å². The monoisotopic (exact) mass is 475 g/mol. The van der Waals surface area contributed by atoms with E-state index in [0.29, 0.717) is 29.5 Å². The number of hydrogen-bond acceptors (Lipinski definition) is 7. The maximum absolute atomic E-state index is 12.9. The quantitative estimate of drug-likeness (QED) is 0.454. The van der Waals surface area contributed by atoms with Crippen LogP contribution in [0, 0.1) is 0 Å². The number of carbonyl (C=O) groups excluding carboxylic acids is 2. The van der Waals surface area contributed by atoms with Crippen LogP contribution in [0.25, 0.3) is 0 Å². The zero-order valence-electron chi connectivity index (χ0n) is 19.8. The van der Waals surface area contributed by atoms with Gasteiger partial charge in [-0.25, -0.2) is 9.78 Å². The van der Waals surface area contributed by atoms with Gasteiger partial charge in [0, 0.05) is 38.6 Å². The Balaban J connectivity index is 1.56. The van der Waals surface area contributed by atoms with Crippen molar-refractivity contribution in [1.29, 1.82) is 0 Å². The molecule has 10 heteroatoms. The zero-order valence-corrected chi connectivity index (χ0v) is 19.8. The van der Waals surface area contributed by atoms with Gasteiger partial charge in [0.25, 0.3) is 5.91 Å². The molecule has 1 saturated heterocycles. The van der Waals surface area contributed by atoms with Crippen LogP contribution in [-0.2, 0) is 6.54 Å². The van der Waals surface area contributed by atoms with Gasteiger partial charge in [-0.1, -0.05) is 30.3 Å². The number of nitrogens with two attached hydrogens (primary N) is 1. The van der Waals surface area contributed by atoms with Crippen molar-refractivity contribution in [3.8, 4) is 5.75 Å². The van der Waals surface area contributed by atoms with E-state index in [4.69, 9.17) is 10.5 Å². The number of nitrogens with one attached hydrogen (secondary N) is 2. The summed E-state index contributed by atoms with van der Waals surface area (Å²) in [5.41, 5.74) is 8.01. The number of ether oxygens (including phenoxy) is 1. The lowest BCUT2D eigenvalue weighted by Gasteiger charge is -2.26. The molecule has 1 aromatic heterocycles. The van der Waals surface area contributed by atoms with Crippen molar-refractivity contribution in [3.63, 3.8) is 0 Å². The Morgan fingerprint density at radius 3 is 2.57 bits per heavy atom. The number of hydrogen-bond donors (Lipinski definition) is 3. The molecule has 1 aliphatic heterocycles. The Morgan fingerprint density at radius 1 is 1.14 bits per heavy atom. The van der Waals surface area contributed by atoms with Gasteiger partial charge in [-0.05, 0) is 36.6 Å². The number of primary amides is 1. The molecule has 0 atom stereocenters. The Labute approximate surface area is 204 Å². The predicted octanol–water partition coefficient (Wildman–Crippen LogP) is 3.59. The van der Waals surface area contributed by atoms with E-state index in [0.717, 1.165) is 31.5 Å². The predicted molar refractivity (Wildman–Crippen MR) is 135 cm³/mol. The molecule has 0 saturated carbocycles. The topological polar surface area (TPSA) is 126 Å². The van der Waals surface area contributed by atoms with Crippen molar-refractivity contribution in [2.24, 2.45) is 5.73 Å². The summed E-state index contributed by atoms with van der Waals surface area (Å²) in [5, 5.41) is 6.30. The molecule has 1 fully saturated rings. The van der Waals surface area contributed by atoms with Gasteiger partial charge in [-0.3, -0.25) is 9.69 Å². The minimum Gasteiger partial charge on any atom is -0.495 e. The van der Waals surface area contributed by atoms with Gasteiger partial charge in [-0.2, -0.15) is 4.98 Å². The Morgan fingerprint density at radius 2 is 1.89 bits per heavy atom. The molecule has 0 aliphatic carbocycles. The van der Waals surface area contributed by atoms with Crippen LogP contribution in [0.1, 0.15) is 28.8 Å². The highest BCUT2D eigenvalue weighted by Crippen LogP contribution is 2.32.